The summed E-state index contributed by atoms with van der Waals surface area (Å²) in [4.78, 5) is 21.4. The van der Waals surface area contributed by atoms with Gasteiger partial charge in [-0.05, 0) is 36.4 Å². The van der Waals surface area contributed by atoms with Crippen molar-refractivity contribution in [3.8, 4) is 11.3 Å². The van der Waals surface area contributed by atoms with Crippen LogP contribution in [0.2, 0.25) is 5.02 Å². The van der Waals surface area contributed by atoms with E-state index in [1.807, 2.05) is 0 Å². The Labute approximate surface area is 118 Å². The molecule has 20 heavy (non-hydrogen) atoms. The minimum Gasteiger partial charge on any atom is -0.478 e. The van der Waals surface area contributed by atoms with Gasteiger partial charge in [0.1, 0.15) is 11.5 Å². The van der Waals surface area contributed by atoms with E-state index in [-0.39, 0.29) is 10.6 Å². The molecule has 1 heterocycles. The lowest BCUT2D eigenvalue weighted by Gasteiger charge is -2.01. The third-order valence-corrected chi connectivity index (χ3v) is 2.83. The van der Waals surface area contributed by atoms with Crippen LogP contribution in [0.25, 0.3) is 17.4 Å². The Bertz CT molecular complexity index is 699. The molecule has 5 nitrogen and oxygen atoms in total. The first kappa shape index (κ1) is 13.9. The minimum absolute atomic E-state index is 0.0248. The normalized spacial score (nSPS) is 10.8. The van der Waals surface area contributed by atoms with E-state index < -0.39 is 11.9 Å². The van der Waals surface area contributed by atoms with Gasteiger partial charge < -0.3 is 14.6 Å². The quantitative estimate of drug-likeness (QED) is 0.843. The number of carboxylic acids is 2. The third-order valence-electron chi connectivity index (χ3n) is 2.50. The molecule has 0 fully saturated rings. The minimum atomic E-state index is -1.13. The summed E-state index contributed by atoms with van der Waals surface area (Å²) in [5, 5.41) is 17.7. The number of carboxylic acid groups (broad SMARTS) is 2. The summed E-state index contributed by atoms with van der Waals surface area (Å²) < 4.78 is 5.41. The van der Waals surface area contributed by atoms with Crippen LogP contribution in [0.3, 0.4) is 0 Å². The fourth-order valence-electron chi connectivity index (χ4n) is 1.59. The first-order valence-electron chi connectivity index (χ1n) is 5.51. The molecule has 1 aromatic heterocycles. The van der Waals surface area contributed by atoms with Gasteiger partial charge in [-0.3, -0.25) is 0 Å². The summed E-state index contributed by atoms with van der Waals surface area (Å²) in [5.41, 5.74) is 0.518. The number of benzene rings is 1. The molecule has 2 aromatic rings. The van der Waals surface area contributed by atoms with Crippen molar-refractivity contribution in [2.24, 2.45) is 0 Å². The van der Waals surface area contributed by atoms with Crippen molar-refractivity contribution in [3.05, 3.63) is 52.8 Å². The molecule has 0 amide bonds. The van der Waals surface area contributed by atoms with Crippen molar-refractivity contribution >= 4 is 29.6 Å². The van der Waals surface area contributed by atoms with E-state index in [1.165, 1.54) is 18.2 Å². The predicted octanol–water partition coefficient (Wildman–Crippen LogP) is 3.40. The summed E-state index contributed by atoms with van der Waals surface area (Å²) in [5.74, 6) is -1.43. The van der Waals surface area contributed by atoms with E-state index in [0.29, 0.717) is 17.1 Å². The molecule has 2 N–H and O–H groups in total. The van der Waals surface area contributed by atoms with Gasteiger partial charge in [0.15, 0.2) is 0 Å². The molecule has 0 aliphatic rings. The van der Waals surface area contributed by atoms with Crippen molar-refractivity contribution in [2.75, 3.05) is 0 Å². The Morgan fingerprint density at radius 1 is 1.15 bits per heavy atom. The topological polar surface area (TPSA) is 87.7 Å². The molecular formula is C14H9ClO5. The molecule has 0 unspecified atom stereocenters. The van der Waals surface area contributed by atoms with E-state index in [1.54, 1.807) is 18.2 Å². The number of furan rings is 1. The maximum Gasteiger partial charge on any atom is 0.337 e. The smallest absolute Gasteiger partial charge is 0.337 e. The molecule has 0 aliphatic heterocycles. The van der Waals surface area contributed by atoms with Gasteiger partial charge in [-0.25, -0.2) is 9.59 Å². The van der Waals surface area contributed by atoms with Gasteiger partial charge in [-0.15, -0.1) is 0 Å². The van der Waals surface area contributed by atoms with Crippen LogP contribution in [0.4, 0.5) is 0 Å². The summed E-state index contributed by atoms with van der Waals surface area (Å²) in [6.07, 6.45) is 2.26. The van der Waals surface area contributed by atoms with E-state index in [9.17, 15) is 9.59 Å². The third kappa shape index (κ3) is 3.07. The first-order chi connectivity index (χ1) is 9.47. The maximum absolute atomic E-state index is 11.0. The summed E-state index contributed by atoms with van der Waals surface area (Å²) in [6.45, 7) is 0. The Hall–Kier alpha value is -2.53. The molecule has 0 aliphatic carbocycles. The lowest BCUT2D eigenvalue weighted by Crippen LogP contribution is -1.97. The van der Waals surface area contributed by atoms with E-state index in [4.69, 9.17) is 26.2 Å². The van der Waals surface area contributed by atoms with E-state index in [2.05, 4.69) is 0 Å². The van der Waals surface area contributed by atoms with Gasteiger partial charge >= 0.3 is 11.9 Å². The van der Waals surface area contributed by atoms with Gasteiger partial charge in [0.25, 0.3) is 0 Å². The lowest BCUT2D eigenvalue weighted by atomic mass is 10.1. The van der Waals surface area contributed by atoms with E-state index in [0.717, 1.165) is 6.08 Å². The number of halogens is 1. The molecule has 0 saturated heterocycles. The number of hydrogen-bond acceptors (Lipinski definition) is 3. The zero-order chi connectivity index (χ0) is 14.7. The van der Waals surface area contributed by atoms with Crippen LogP contribution in [-0.4, -0.2) is 22.2 Å². The van der Waals surface area contributed by atoms with Crippen molar-refractivity contribution in [1.82, 2.24) is 0 Å². The largest absolute Gasteiger partial charge is 0.478 e. The van der Waals surface area contributed by atoms with Crippen LogP contribution < -0.4 is 0 Å². The van der Waals surface area contributed by atoms with Crippen LogP contribution in [0.5, 0.6) is 0 Å². The highest BCUT2D eigenvalue weighted by Gasteiger charge is 2.12. The molecule has 1 aromatic carbocycles. The van der Waals surface area contributed by atoms with Crippen molar-refractivity contribution in [1.29, 1.82) is 0 Å². The van der Waals surface area contributed by atoms with Gasteiger partial charge in [-0.1, -0.05) is 11.6 Å². The van der Waals surface area contributed by atoms with Crippen molar-refractivity contribution in [3.63, 3.8) is 0 Å². The Morgan fingerprint density at radius 2 is 1.90 bits per heavy atom. The van der Waals surface area contributed by atoms with Crippen LogP contribution in [0.15, 0.2) is 40.8 Å². The summed E-state index contributed by atoms with van der Waals surface area (Å²) >= 11 is 5.78. The van der Waals surface area contributed by atoms with E-state index >= 15 is 0 Å². The summed E-state index contributed by atoms with van der Waals surface area (Å²) in [6, 6.07) is 7.70. The summed E-state index contributed by atoms with van der Waals surface area (Å²) in [7, 11) is 0. The fourth-order valence-corrected chi connectivity index (χ4v) is 1.79. The lowest BCUT2D eigenvalue weighted by molar-refractivity contribution is -0.131. The predicted molar refractivity (Wildman–Crippen MR) is 72.8 cm³/mol. The molecule has 2 rings (SSSR count). The highest BCUT2D eigenvalue weighted by molar-refractivity contribution is 6.33. The molecule has 0 atom stereocenters. The van der Waals surface area contributed by atoms with Gasteiger partial charge in [0.05, 0.1) is 10.6 Å². The molecule has 102 valence electrons. The number of hydrogen-bond donors (Lipinski definition) is 2. The Balaban J connectivity index is 2.35. The number of aliphatic carboxylic acids is 1. The van der Waals surface area contributed by atoms with Crippen LogP contribution in [-0.2, 0) is 4.79 Å². The van der Waals surface area contributed by atoms with Crippen molar-refractivity contribution < 1.29 is 24.2 Å². The zero-order valence-corrected chi connectivity index (χ0v) is 10.8. The average molecular weight is 293 g/mol. The second-order valence-corrected chi connectivity index (χ2v) is 4.28. The Morgan fingerprint density at radius 3 is 2.55 bits per heavy atom. The van der Waals surface area contributed by atoms with Crippen molar-refractivity contribution in [2.45, 2.75) is 0 Å². The SMILES string of the molecule is O=C(O)C=Cc1ccc(-c2ccc(Cl)c(C(=O)O)c2)o1. The molecular weight excluding hydrogens is 284 g/mol. The van der Waals surface area contributed by atoms with Crippen LogP contribution in [0, 0.1) is 0 Å². The number of rotatable bonds is 4. The Kier molecular flexibility index (Phi) is 3.91. The number of carbonyl (C=O) groups is 2. The molecule has 0 saturated carbocycles. The van der Waals surface area contributed by atoms with Crippen LogP contribution in [0.1, 0.15) is 16.1 Å². The number of aromatic carboxylic acids is 1. The maximum atomic E-state index is 11.0. The molecule has 6 heteroatoms. The highest BCUT2D eigenvalue weighted by atomic mass is 35.5. The zero-order valence-electron chi connectivity index (χ0n) is 10.0. The van der Waals surface area contributed by atoms with Crippen LogP contribution >= 0.6 is 11.6 Å². The van der Waals surface area contributed by atoms with Gasteiger partial charge in [-0.2, -0.15) is 0 Å². The highest BCUT2D eigenvalue weighted by Crippen LogP contribution is 2.27. The fraction of sp³-hybridized carbons (Fsp3) is 0. The second-order valence-electron chi connectivity index (χ2n) is 3.87. The standard InChI is InChI=1S/C14H9ClO5/c15-11-4-1-8(7-10(11)14(18)19)12-5-2-9(20-12)3-6-13(16)17/h1-7H,(H,16,17)(H,18,19). The molecule has 0 spiro atoms. The monoisotopic (exact) mass is 292 g/mol. The average Bonchev–Trinajstić information content (AvgIpc) is 2.85. The molecule has 0 radical (unpaired) electrons. The van der Waals surface area contributed by atoms with Gasteiger partial charge in [0.2, 0.25) is 0 Å². The first-order valence-corrected chi connectivity index (χ1v) is 5.89. The molecule has 0 bridgehead atoms. The van der Waals surface area contributed by atoms with Gasteiger partial charge in [0, 0.05) is 11.6 Å². The second kappa shape index (κ2) is 5.63.